The van der Waals surface area contributed by atoms with Gasteiger partial charge in [-0.15, -0.1) is 0 Å². The van der Waals surface area contributed by atoms with Crippen molar-refractivity contribution in [2.45, 2.75) is 33.2 Å². The van der Waals surface area contributed by atoms with Gasteiger partial charge < -0.3 is 15.0 Å². The molecule has 0 unspecified atom stereocenters. The number of aromatic amines is 1. The Labute approximate surface area is 145 Å². The molecule has 1 aromatic carbocycles. The van der Waals surface area contributed by atoms with Gasteiger partial charge in [0.1, 0.15) is 0 Å². The van der Waals surface area contributed by atoms with Crippen LogP contribution in [0, 0.1) is 11.8 Å². The number of nitrogens with one attached hydrogen (secondary N) is 1. The number of hydrogen-bond donors (Lipinski definition) is 2. The average Bonchev–Trinajstić information content (AvgIpc) is 2.93. The lowest BCUT2D eigenvalue weighted by molar-refractivity contribution is -0.144. The van der Waals surface area contributed by atoms with Crippen LogP contribution in [0.25, 0.3) is 10.9 Å². The molecule has 1 aliphatic rings. The van der Waals surface area contributed by atoms with Gasteiger partial charge in [0.25, 0.3) is 0 Å². The van der Waals surface area contributed by atoms with E-state index in [1.807, 2.05) is 18.3 Å². The Kier molecular flexibility index (Phi) is 4.54. The van der Waals surface area contributed by atoms with Crippen molar-refractivity contribution in [2.24, 2.45) is 11.8 Å². The first kappa shape index (κ1) is 16.8. The molecule has 1 amide bonds. The Bertz CT molecular complexity index is 797. The highest BCUT2D eigenvalue weighted by Gasteiger charge is 2.32. The highest BCUT2D eigenvalue weighted by atomic mass is 35.5. The molecule has 128 valence electrons. The smallest absolute Gasteiger partial charge is 0.304 e. The number of carbonyl (C=O) groups excluding carboxylic acids is 1. The molecular formula is C18H21ClN2O3. The second-order valence-electron chi connectivity index (χ2n) is 6.87. The first-order chi connectivity index (χ1) is 11.4. The van der Waals surface area contributed by atoms with Crippen LogP contribution in [0.2, 0.25) is 5.02 Å². The van der Waals surface area contributed by atoms with Crippen LogP contribution in [0.1, 0.15) is 31.4 Å². The number of amides is 1. The van der Waals surface area contributed by atoms with Crippen molar-refractivity contribution in [3.05, 3.63) is 34.5 Å². The molecule has 0 saturated carbocycles. The van der Waals surface area contributed by atoms with Gasteiger partial charge in [0.2, 0.25) is 5.91 Å². The Hall–Kier alpha value is -2.01. The number of benzene rings is 1. The van der Waals surface area contributed by atoms with Gasteiger partial charge in [-0.2, -0.15) is 0 Å². The summed E-state index contributed by atoms with van der Waals surface area (Å²) in [6.07, 6.45) is 2.09. The molecule has 0 radical (unpaired) electrons. The second-order valence-corrected chi connectivity index (χ2v) is 7.28. The molecule has 1 atom stereocenters. The van der Waals surface area contributed by atoms with E-state index in [1.165, 1.54) is 0 Å². The van der Waals surface area contributed by atoms with Crippen molar-refractivity contribution >= 4 is 34.4 Å². The molecule has 2 heterocycles. The molecule has 0 fully saturated rings. The molecule has 1 aliphatic heterocycles. The fourth-order valence-corrected chi connectivity index (χ4v) is 3.81. The van der Waals surface area contributed by atoms with E-state index in [-0.39, 0.29) is 12.3 Å². The van der Waals surface area contributed by atoms with Gasteiger partial charge in [0.15, 0.2) is 0 Å². The molecule has 0 aliphatic carbocycles. The van der Waals surface area contributed by atoms with Gasteiger partial charge in [-0.25, -0.2) is 0 Å². The predicted octanol–water partition coefficient (Wildman–Crippen LogP) is 3.45. The summed E-state index contributed by atoms with van der Waals surface area (Å²) in [6, 6.07) is 3.84. The Morgan fingerprint density at radius 3 is 2.92 bits per heavy atom. The fourth-order valence-electron chi connectivity index (χ4n) is 3.52. The number of halogens is 1. The van der Waals surface area contributed by atoms with Crippen molar-refractivity contribution in [3.8, 4) is 0 Å². The van der Waals surface area contributed by atoms with Gasteiger partial charge in [0, 0.05) is 24.7 Å². The Morgan fingerprint density at radius 1 is 1.50 bits per heavy atom. The van der Waals surface area contributed by atoms with E-state index in [2.05, 4.69) is 18.8 Å². The highest BCUT2D eigenvalue weighted by molar-refractivity contribution is 6.35. The summed E-state index contributed by atoms with van der Waals surface area (Å²) in [5.41, 5.74) is 2.90. The van der Waals surface area contributed by atoms with Gasteiger partial charge in [-0.05, 0) is 35.6 Å². The number of hydrogen-bond acceptors (Lipinski definition) is 2. The fraction of sp³-hybridized carbons (Fsp3) is 0.444. The van der Waals surface area contributed by atoms with Crippen molar-refractivity contribution in [1.29, 1.82) is 0 Å². The number of nitrogens with zero attached hydrogens (tertiary/aromatic N) is 1. The van der Waals surface area contributed by atoms with Crippen LogP contribution in [0.4, 0.5) is 0 Å². The zero-order valence-electron chi connectivity index (χ0n) is 13.8. The predicted molar refractivity (Wildman–Crippen MR) is 93.0 cm³/mol. The zero-order valence-corrected chi connectivity index (χ0v) is 14.6. The Balaban J connectivity index is 2.10. The standard InChI is InChI=1S/C18H21ClN2O3/c1-10(2)8-21-9-14-11(5-12(18(21)24)7-16(22)23)6-15(19)17-13(14)3-4-20-17/h3-4,6,10,12,20H,5,7-9H2,1-2H3,(H,22,23)/t12-/m0/s1. The molecular weight excluding hydrogens is 328 g/mol. The third kappa shape index (κ3) is 3.13. The van der Waals surface area contributed by atoms with Crippen LogP contribution in [0.3, 0.4) is 0 Å². The van der Waals surface area contributed by atoms with Gasteiger partial charge in [0.05, 0.1) is 22.9 Å². The first-order valence-electron chi connectivity index (χ1n) is 8.14. The van der Waals surface area contributed by atoms with Crippen LogP contribution >= 0.6 is 11.6 Å². The minimum Gasteiger partial charge on any atom is -0.481 e. The van der Waals surface area contributed by atoms with Gasteiger partial charge in [-0.1, -0.05) is 25.4 Å². The van der Waals surface area contributed by atoms with Crippen LogP contribution < -0.4 is 0 Å². The third-order valence-corrected chi connectivity index (χ3v) is 4.78. The summed E-state index contributed by atoms with van der Waals surface area (Å²) in [7, 11) is 0. The van der Waals surface area contributed by atoms with E-state index in [9.17, 15) is 14.7 Å². The van der Waals surface area contributed by atoms with Crippen LogP contribution in [-0.2, 0) is 22.6 Å². The summed E-state index contributed by atoms with van der Waals surface area (Å²) in [4.78, 5) is 29.0. The SMILES string of the molecule is CC(C)CN1Cc2c(cc(Cl)c3[nH]ccc23)C[C@@H](CC(=O)O)C1=O. The summed E-state index contributed by atoms with van der Waals surface area (Å²) in [5.74, 6) is -1.26. The van der Waals surface area contributed by atoms with E-state index in [1.54, 1.807) is 4.90 Å². The van der Waals surface area contributed by atoms with Crippen molar-refractivity contribution in [1.82, 2.24) is 9.88 Å². The number of carboxylic acids is 1. The maximum absolute atomic E-state index is 12.9. The lowest BCUT2D eigenvalue weighted by atomic mass is 9.93. The molecule has 2 aromatic rings. The molecule has 0 bridgehead atoms. The molecule has 24 heavy (non-hydrogen) atoms. The minimum atomic E-state index is -0.949. The summed E-state index contributed by atoms with van der Waals surface area (Å²) < 4.78 is 0. The lowest BCUT2D eigenvalue weighted by Gasteiger charge is -2.26. The van der Waals surface area contributed by atoms with E-state index >= 15 is 0 Å². The van der Waals surface area contributed by atoms with E-state index < -0.39 is 11.9 Å². The quantitative estimate of drug-likeness (QED) is 0.888. The van der Waals surface area contributed by atoms with Crippen LogP contribution in [0.15, 0.2) is 18.3 Å². The molecule has 2 N–H and O–H groups in total. The van der Waals surface area contributed by atoms with E-state index in [0.717, 1.165) is 22.0 Å². The summed E-state index contributed by atoms with van der Waals surface area (Å²) in [6.45, 7) is 5.22. The number of H-pyrrole nitrogens is 1. The first-order valence-corrected chi connectivity index (χ1v) is 8.52. The molecule has 3 rings (SSSR count). The number of rotatable bonds is 4. The van der Waals surface area contributed by atoms with E-state index in [4.69, 9.17) is 11.6 Å². The van der Waals surface area contributed by atoms with Crippen molar-refractivity contribution < 1.29 is 14.7 Å². The van der Waals surface area contributed by atoms with Crippen molar-refractivity contribution in [2.75, 3.05) is 6.54 Å². The summed E-state index contributed by atoms with van der Waals surface area (Å²) >= 11 is 6.35. The van der Waals surface area contributed by atoms with E-state index in [0.29, 0.717) is 30.5 Å². The highest BCUT2D eigenvalue weighted by Crippen LogP contribution is 2.34. The lowest BCUT2D eigenvalue weighted by Crippen LogP contribution is -2.37. The largest absolute Gasteiger partial charge is 0.481 e. The summed E-state index contributed by atoms with van der Waals surface area (Å²) in [5, 5.41) is 10.8. The molecule has 5 nitrogen and oxygen atoms in total. The maximum Gasteiger partial charge on any atom is 0.304 e. The van der Waals surface area contributed by atoms with Crippen molar-refractivity contribution in [3.63, 3.8) is 0 Å². The molecule has 0 saturated heterocycles. The Morgan fingerprint density at radius 2 is 2.25 bits per heavy atom. The van der Waals surface area contributed by atoms with Gasteiger partial charge in [-0.3, -0.25) is 9.59 Å². The average molecular weight is 349 g/mol. The molecule has 0 spiro atoms. The number of aliphatic carboxylic acids is 1. The number of fused-ring (bicyclic) bond motifs is 3. The van der Waals surface area contributed by atoms with Gasteiger partial charge >= 0.3 is 5.97 Å². The normalized spacial score (nSPS) is 18.1. The molecule has 1 aromatic heterocycles. The minimum absolute atomic E-state index is 0.0814. The number of carboxylic acid groups (broad SMARTS) is 1. The maximum atomic E-state index is 12.9. The number of aromatic nitrogens is 1. The number of carbonyl (C=O) groups is 2. The molecule has 6 heteroatoms. The third-order valence-electron chi connectivity index (χ3n) is 4.48. The zero-order chi connectivity index (χ0) is 17.4. The second kappa shape index (κ2) is 6.48. The monoisotopic (exact) mass is 348 g/mol. The topological polar surface area (TPSA) is 73.4 Å². The van der Waals surface area contributed by atoms with Crippen LogP contribution in [0.5, 0.6) is 0 Å². The van der Waals surface area contributed by atoms with Crippen LogP contribution in [-0.4, -0.2) is 33.4 Å².